The maximum absolute atomic E-state index is 10.3. The van der Waals surface area contributed by atoms with Crippen LogP contribution in [0.15, 0.2) is 18.1 Å². The molecule has 80 valence electrons. The molecule has 0 aliphatic carbocycles. The molecule has 0 aromatic rings. The highest BCUT2D eigenvalue weighted by molar-refractivity contribution is 7.17. The second kappa shape index (κ2) is 6.74. The van der Waals surface area contributed by atoms with Crippen molar-refractivity contribution in [2.45, 2.75) is 26.6 Å². The van der Waals surface area contributed by atoms with Gasteiger partial charge < -0.3 is 14.0 Å². The Morgan fingerprint density at radius 1 is 1.43 bits per heavy atom. The average Bonchev–Trinajstić information content (AvgIpc) is 2.14. The van der Waals surface area contributed by atoms with Crippen LogP contribution < -0.4 is 0 Å². The lowest BCUT2D eigenvalue weighted by Gasteiger charge is -2.28. The van der Waals surface area contributed by atoms with E-state index in [0.29, 0.717) is 13.2 Å². The highest BCUT2D eigenvalue weighted by Gasteiger charge is 2.32. The van der Waals surface area contributed by atoms with Crippen LogP contribution in [0, 0.1) is 0 Å². The first kappa shape index (κ1) is 13.3. The van der Waals surface area contributed by atoms with Gasteiger partial charge in [0.2, 0.25) is 11.5 Å². The van der Waals surface area contributed by atoms with Crippen LogP contribution in [0.1, 0.15) is 20.8 Å². The maximum atomic E-state index is 10.3. The van der Waals surface area contributed by atoms with Gasteiger partial charge in [0, 0.05) is 13.2 Å². The molecule has 0 saturated carbocycles. The average molecular weight is 218 g/mol. The van der Waals surface area contributed by atoms with Gasteiger partial charge in [-0.05, 0) is 20.8 Å². The van der Waals surface area contributed by atoms with E-state index in [1.165, 1.54) is 0 Å². The predicted octanol–water partition coefficient (Wildman–Crippen LogP) is 2.67. The Morgan fingerprint density at radius 3 is 2.21 bits per heavy atom. The summed E-state index contributed by atoms with van der Waals surface area (Å²) in [6, 6.07) is 0. The quantitative estimate of drug-likeness (QED) is 0.285. The molecule has 0 aliphatic heterocycles. The standard InChI is InChI=1S/C9H15O4P/c1-5-8(13-14-10)9(4,11-6-2)12-7-3/h1,6-7H2,2-4H3. The summed E-state index contributed by atoms with van der Waals surface area (Å²) in [7, 11) is -0.479. The van der Waals surface area contributed by atoms with Crippen molar-refractivity contribution in [1.29, 1.82) is 0 Å². The fraction of sp³-hybridized carbons (Fsp3) is 0.667. The Balaban J connectivity index is 4.75. The van der Waals surface area contributed by atoms with Gasteiger partial charge in [-0.15, -0.1) is 0 Å². The zero-order valence-electron chi connectivity index (χ0n) is 8.70. The topological polar surface area (TPSA) is 44.8 Å². The van der Waals surface area contributed by atoms with E-state index in [9.17, 15) is 4.57 Å². The van der Waals surface area contributed by atoms with E-state index in [4.69, 9.17) is 14.0 Å². The molecule has 0 aromatic heterocycles. The largest absolute Gasteiger partial charge is 0.398 e. The van der Waals surface area contributed by atoms with Crippen LogP contribution >= 0.6 is 8.69 Å². The second-order valence-electron chi connectivity index (χ2n) is 2.48. The predicted molar refractivity (Wildman–Crippen MR) is 53.0 cm³/mol. The van der Waals surface area contributed by atoms with Crippen molar-refractivity contribution < 1.29 is 18.6 Å². The Kier molecular flexibility index (Phi) is 6.43. The number of ether oxygens (including phenoxy) is 2. The van der Waals surface area contributed by atoms with E-state index in [1.807, 2.05) is 13.8 Å². The molecule has 14 heavy (non-hydrogen) atoms. The zero-order valence-corrected chi connectivity index (χ0v) is 9.60. The van der Waals surface area contributed by atoms with Crippen molar-refractivity contribution in [3.63, 3.8) is 0 Å². The van der Waals surface area contributed by atoms with Crippen LogP contribution in [0.25, 0.3) is 0 Å². The van der Waals surface area contributed by atoms with Crippen molar-refractivity contribution in [1.82, 2.24) is 0 Å². The Morgan fingerprint density at radius 2 is 1.93 bits per heavy atom. The van der Waals surface area contributed by atoms with Crippen molar-refractivity contribution in [3.05, 3.63) is 18.1 Å². The minimum Gasteiger partial charge on any atom is -0.398 e. The first-order valence-electron chi connectivity index (χ1n) is 4.32. The fourth-order valence-electron chi connectivity index (χ4n) is 1.04. The number of hydrogen-bond acceptors (Lipinski definition) is 4. The van der Waals surface area contributed by atoms with Gasteiger partial charge in [0.15, 0.2) is 0 Å². The summed E-state index contributed by atoms with van der Waals surface area (Å²) in [6.07, 6.45) is 0. The molecule has 0 heterocycles. The second-order valence-corrected chi connectivity index (χ2v) is 2.82. The zero-order chi connectivity index (χ0) is 11.0. The molecular weight excluding hydrogens is 203 g/mol. The molecule has 0 rings (SSSR count). The minimum absolute atomic E-state index is 0.179. The van der Waals surface area contributed by atoms with Gasteiger partial charge >= 0.3 is 8.69 Å². The van der Waals surface area contributed by atoms with E-state index in [2.05, 4.69) is 12.3 Å². The van der Waals surface area contributed by atoms with Crippen molar-refractivity contribution >= 4 is 8.69 Å². The minimum atomic E-state index is -1.07. The summed E-state index contributed by atoms with van der Waals surface area (Å²) in [5.41, 5.74) is 2.50. The van der Waals surface area contributed by atoms with E-state index < -0.39 is 14.5 Å². The fourth-order valence-corrected chi connectivity index (χ4v) is 1.34. The summed E-state index contributed by atoms with van der Waals surface area (Å²) in [4.78, 5) is 0. The Labute approximate surface area is 85.8 Å². The lowest BCUT2D eigenvalue weighted by molar-refractivity contribution is -0.208. The van der Waals surface area contributed by atoms with Gasteiger partial charge in [0.1, 0.15) is 0 Å². The van der Waals surface area contributed by atoms with Crippen molar-refractivity contribution in [2.24, 2.45) is 0 Å². The molecule has 0 bridgehead atoms. The molecule has 0 radical (unpaired) electrons. The van der Waals surface area contributed by atoms with Crippen molar-refractivity contribution in [3.8, 4) is 0 Å². The molecule has 0 spiro atoms. The van der Waals surface area contributed by atoms with Crippen LogP contribution in [0.2, 0.25) is 0 Å². The molecule has 0 atom stereocenters. The van der Waals surface area contributed by atoms with Gasteiger partial charge in [-0.3, -0.25) is 0 Å². The van der Waals surface area contributed by atoms with E-state index in [1.54, 1.807) is 6.92 Å². The highest BCUT2D eigenvalue weighted by atomic mass is 31.1. The lowest BCUT2D eigenvalue weighted by Crippen LogP contribution is -2.34. The van der Waals surface area contributed by atoms with Crippen LogP contribution in [-0.2, 0) is 18.6 Å². The molecule has 0 saturated heterocycles. The number of rotatable bonds is 7. The van der Waals surface area contributed by atoms with E-state index >= 15 is 0 Å². The van der Waals surface area contributed by atoms with Crippen molar-refractivity contribution in [2.75, 3.05) is 13.2 Å². The smallest absolute Gasteiger partial charge is 0.396 e. The SMILES string of the molecule is C=C=C(OP=O)C(C)(OCC)OCC. The first-order chi connectivity index (χ1) is 6.64. The van der Waals surface area contributed by atoms with E-state index in [-0.39, 0.29) is 5.76 Å². The van der Waals surface area contributed by atoms with Crippen LogP contribution in [0.5, 0.6) is 0 Å². The normalized spacial score (nSPS) is 11.1. The molecule has 0 aliphatic rings. The molecule has 0 unspecified atom stereocenters. The van der Waals surface area contributed by atoms with Gasteiger partial charge in [0.05, 0.1) is 0 Å². The molecule has 0 aromatic carbocycles. The third-order valence-electron chi connectivity index (χ3n) is 1.54. The van der Waals surface area contributed by atoms with Gasteiger partial charge in [-0.2, -0.15) is 0 Å². The molecular formula is C9H15O4P. The number of hydrogen-bond donors (Lipinski definition) is 0. The Hall–Kier alpha value is -0.660. The van der Waals surface area contributed by atoms with Crippen LogP contribution in [0.3, 0.4) is 0 Å². The Bertz CT molecular complexity index is 227. The lowest BCUT2D eigenvalue weighted by atomic mass is 10.2. The molecule has 0 amide bonds. The summed E-state index contributed by atoms with van der Waals surface area (Å²) in [5, 5.41) is 0. The molecule has 5 heteroatoms. The summed E-state index contributed by atoms with van der Waals surface area (Å²) in [5.74, 6) is -0.888. The van der Waals surface area contributed by atoms with Crippen LogP contribution in [-0.4, -0.2) is 19.0 Å². The van der Waals surface area contributed by atoms with Crippen LogP contribution in [0.4, 0.5) is 0 Å². The highest BCUT2D eigenvalue weighted by Crippen LogP contribution is 2.26. The monoisotopic (exact) mass is 218 g/mol. The summed E-state index contributed by atoms with van der Waals surface area (Å²) < 4.78 is 25.8. The summed E-state index contributed by atoms with van der Waals surface area (Å²) >= 11 is 0. The first-order valence-corrected chi connectivity index (χ1v) is 5.05. The molecule has 4 nitrogen and oxygen atoms in total. The molecule has 0 N–H and O–H groups in total. The third kappa shape index (κ3) is 3.60. The van der Waals surface area contributed by atoms with Gasteiger partial charge in [0.25, 0.3) is 0 Å². The maximum Gasteiger partial charge on any atom is 0.396 e. The third-order valence-corrected chi connectivity index (χ3v) is 1.80. The van der Waals surface area contributed by atoms with E-state index in [0.717, 1.165) is 0 Å². The van der Waals surface area contributed by atoms with Gasteiger partial charge in [-0.25, -0.2) is 4.57 Å². The summed E-state index contributed by atoms with van der Waals surface area (Å²) in [6.45, 7) is 9.63. The molecule has 0 fully saturated rings. The van der Waals surface area contributed by atoms with Gasteiger partial charge in [-0.1, -0.05) is 12.3 Å².